The van der Waals surface area contributed by atoms with E-state index in [2.05, 4.69) is 5.10 Å². The Morgan fingerprint density at radius 1 is 1.23 bits per heavy atom. The molecule has 0 saturated carbocycles. The van der Waals surface area contributed by atoms with Gasteiger partial charge in [0.2, 0.25) is 0 Å². The second-order valence-electron chi connectivity index (χ2n) is 7.85. The van der Waals surface area contributed by atoms with E-state index in [0.29, 0.717) is 0 Å². The number of ether oxygens (including phenoxy) is 1. The van der Waals surface area contributed by atoms with Crippen LogP contribution in [0.25, 0.3) is 0 Å². The lowest BCUT2D eigenvalue weighted by Gasteiger charge is -2.42. The van der Waals surface area contributed by atoms with Crippen LogP contribution in [0.2, 0.25) is 10.0 Å². The van der Waals surface area contributed by atoms with Gasteiger partial charge in [-0.2, -0.15) is 32.1 Å². The van der Waals surface area contributed by atoms with Crippen LogP contribution in [-0.2, 0) is 4.79 Å². The quantitative estimate of drug-likeness (QED) is 0.601. The minimum atomic E-state index is -5.94. The van der Waals surface area contributed by atoms with E-state index in [1.807, 2.05) is 0 Å². The normalized spacial score (nSPS) is 21.5. The molecule has 2 rings (SSSR count). The van der Waals surface area contributed by atoms with Gasteiger partial charge in [0.05, 0.1) is 5.02 Å². The van der Waals surface area contributed by atoms with E-state index in [1.165, 1.54) is 45.9 Å². The lowest BCUT2D eigenvalue weighted by atomic mass is 9.79. The first kappa shape index (κ1) is 24.6. The maximum absolute atomic E-state index is 13.9. The van der Waals surface area contributed by atoms with Crippen LogP contribution in [0.3, 0.4) is 0 Å². The van der Waals surface area contributed by atoms with Gasteiger partial charge in [0.25, 0.3) is 5.91 Å². The Balaban J connectivity index is 2.41. The van der Waals surface area contributed by atoms with Crippen LogP contribution in [0.5, 0.6) is 5.75 Å². The topological polar surface area (TPSA) is 62.1 Å². The van der Waals surface area contributed by atoms with E-state index >= 15 is 0 Å². The van der Waals surface area contributed by atoms with Crippen LogP contribution in [-0.4, -0.2) is 45.7 Å². The van der Waals surface area contributed by atoms with Gasteiger partial charge in [0.15, 0.2) is 11.8 Å². The highest BCUT2D eigenvalue weighted by Crippen LogP contribution is 2.47. The molecular formula is C18H19Cl2F5N2O3. The van der Waals surface area contributed by atoms with E-state index < -0.39 is 47.4 Å². The van der Waals surface area contributed by atoms with E-state index in [1.54, 1.807) is 0 Å². The third-order valence-electron chi connectivity index (χ3n) is 4.66. The monoisotopic (exact) mass is 476 g/mol. The Hall–Kier alpha value is -1.65. The number of carbonyl (C=O) groups is 1. The molecule has 1 N–H and O–H groups in total. The third-order valence-corrected chi connectivity index (χ3v) is 5.19. The van der Waals surface area contributed by atoms with Gasteiger partial charge in [-0.25, -0.2) is 0 Å². The Labute approximate surface area is 179 Å². The molecule has 0 spiro atoms. The van der Waals surface area contributed by atoms with Gasteiger partial charge in [0, 0.05) is 16.9 Å². The predicted octanol–water partition coefficient (Wildman–Crippen LogP) is 5.28. The van der Waals surface area contributed by atoms with Gasteiger partial charge >= 0.3 is 12.1 Å². The predicted molar refractivity (Wildman–Crippen MR) is 101 cm³/mol. The molecule has 0 radical (unpaired) electrons. The van der Waals surface area contributed by atoms with Gasteiger partial charge in [0.1, 0.15) is 11.5 Å². The summed E-state index contributed by atoms with van der Waals surface area (Å²) in [4.78, 5) is 12.9. The van der Waals surface area contributed by atoms with Crippen molar-refractivity contribution in [2.24, 2.45) is 10.5 Å². The fourth-order valence-corrected chi connectivity index (χ4v) is 3.14. The molecule has 0 unspecified atom stereocenters. The molecule has 0 saturated heterocycles. The zero-order valence-corrected chi connectivity index (χ0v) is 17.8. The Morgan fingerprint density at radius 2 is 1.80 bits per heavy atom. The summed E-state index contributed by atoms with van der Waals surface area (Å²) >= 11 is 11.7. The summed E-state index contributed by atoms with van der Waals surface area (Å²) in [6.07, 6.45) is -8.56. The summed E-state index contributed by atoms with van der Waals surface area (Å²) in [7, 11) is 0. The number of halogens is 7. The zero-order valence-electron chi connectivity index (χ0n) is 16.3. The molecule has 12 heteroatoms. The third kappa shape index (κ3) is 4.36. The number of nitrogens with zero attached hydrogens (tertiary/aromatic N) is 2. The first-order chi connectivity index (χ1) is 13.4. The molecule has 1 aromatic rings. The Bertz CT molecular complexity index is 870. The molecule has 1 heterocycles. The van der Waals surface area contributed by atoms with Crippen molar-refractivity contribution >= 4 is 34.8 Å². The standard InChI is InChI=1S/C18H19Cl2F5N2O3/c1-9(30-12-6-5-10(19)7-11(12)20)14(28)27-16(29,15(2,3)4)8-13(26-27)17(21,22)18(23,24)25/h5-7,9,29H,8H2,1-4H3/t9-,16+/m1/s1. The zero-order chi connectivity index (χ0) is 23.3. The lowest BCUT2D eigenvalue weighted by Crippen LogP contribution is -2.57. The van der Waals surface area contributed by atoms with E-state index in [0.717, 1.165) is 0 Å². The lowest BCUT2D eigenvalue weighted by molar-refractivity contribution is -0.250. The summed E-state index contributed by atoms with van der Waals surface area (Å²) in [6.45, 7) is 5.34. The molecule has 30 heavy (non-hydrogen) atoms. The van der Waals surface area contributed by atoms with Crippen LogP contribution in [0.15, 0.2) is 23.3 Å². The average Bonchev–Trinajstić information content (AvgIpc) is 2.95. The second kappa shape index (κ2) is 7.80. The molecule has 1 amide bonds. The number of hydrogen-bond acceptors (Lipinski definition) is 4. The van der Waals surface area contributed by atoms with Crippen LogP contribution in [0.4, 0.5) is 22.0 Å². The van der Waals surface area contributed by atoms with Gasteiger partial charge < -0.3 is 9.84 Å². The van der Waals surface area contributed by atoms with Crippen molar-refractivity contribution in [3.05, 3.63) is 28.2 Å². The molecule has 0 fully saturated rings. The molecule has 5 nitrogen and oxygen atoms in total. The molecule has 1 aliphatic rings. The van der Waals surface area contributed by atoms with Gasteiger partial charge in [-0.3, -0.25) is 4.79 Å². The number of amides is 1. The molecule has 1 aliphatic heterocycles. The number of carbonyl (C=O) groups excluding carboxylic acids is 1. The van der Waals surface area contributed by atoms with Crippen molar-refractivity contribution in [3.63, 3.8) is 0 Å². The number of rotatable bonds is 4. The number of alkyl halides is 5. The van der Waals surface area contributed by atoms with Crippen molar-refractivity contribution in [1.29, 1.82) is 0 Å². The second-order valence-corrected chi connectivity index (χ2v) is 8.69. The van der Waals surface area contributed by atoms with Crippen LogP contribution in [0, 0.1) is 5.41 Å². The van der Waals surface area contributed by atoms with Crippen molar-refractivity contribution < 1.29 is 36.6 Å². The van der Waals surface area contributed by atoms with E-state index in [-0.39, 0.29) is 20.8 Å². The number of hydrogen-bond donors (Lipinski definition) is 1. The Kier molecular flexibility index (Phi) is 6.40. The summed E-state index contributed by atoms with van der Waals surface area (Å²) in [6, 6.07) is 4.10. The number of hydrazone groups is 1. The van der Waals surface area contributed by atoms with Crippen LogP contribution < -0.4 is 4.74 Å². The molecular weight excluding hydrogens is 458 g/mol. The summed E-state index contributed by atoms with van der Waals surface area (Å²) in [5, 5.41) is 14.7. The number of aliphatic hydroxyl groups is 1. The SMILES string of the molecule is C[C@@H](Oc1ccc(Cl)cc1Cl)C(=O)N1N=C(C(F)(F)C(F)(F)F)C[C@]1(O)C(C)(C)C. The largest absolute Gasteiger partial charge is 0.479 e. The van der Waals surface area contributed by atoms with E-state index in [4.69, 9.17) is 27.9 Å². The number of benzene rings is 1. The summed E-state index contributed by atoms with van der Waals surface area (Å²) < 4.78 is 71.6. The fraction of sp³-hybridized carbons (Fsp3) is 0.556. The molecule has 0 aliphatic carbocycles. The Morgan fingerprint density at radius 3 is 2.27 bits per heavy atom. The molecule has 1 aromatic carbocycles. The molecule has 0 bridgehead atoms. The summed E-state index contributed by atoms with van der Waals surface area (Å²) in [5.41, 5.74) is -5.44. The van der Waals surface area contributed by atoms with Gasteiger partial charge in [-0.15, -0.1) is 0 Å². The maximum Gasteiger partial charge on any atom is 0.459 e. The highest BCUT2D eigenvalue weighted by atomic mass is 35.5. The summed E-state index contributed by atoms with van der Waals surface area (Å²) in [5.74, 6) is -6.44. The minimum absolute atomic E-state index is 0.0187. The van der Waals surface area contributed by atoms with Crippen LogP contribution in [0.1, 0.15) is 34.1 Å². The average molecular weight is 477 g/mol. The first-order valence-electron chi connectivity index (χ1n) is 8.62. The first-order valence-corrected chi connectivity index (χ1v) is 9.38. The minimum Gasteiger partial charge on any atom is -0.479 e. The van der Waals surface area contributed by atoms with Crippen molar-refractivity contribution in [3.8, 4) is 5.75 Å². The van der Waals surface area contributed by atoms with Crippen molar-refractivity contribution in [2.45, 2.75) is 58.0 Å². The smallest absolute Gasteiger partial charge is 0.459 e. The maximum atomic E-state index is 13.9. The highest BCUT2D eigenvalue weighted by Gasteiger charge is 2.66. The van der Waals surface area contributed by atoms with E-state index in [9.17, 15) is 31.9 Å². The van der Waals surface area contributed by atoms with Gasteiger partial charge in [-0.05, 0) is 25.1 Å². The highest BCUT2D eigenvalue weighted by molar-refractivity contribution is 6.35. The van der Waals surface area contributed by atoms with Crippen molar-refractivity contribution in [2.75, 3.05) is 0 Å². The molecule has 0 aromatic heterocycles. The van der Waals surface area contributed by atoms with Crippen LogP contribution >= 0.6 is 23.2 Å². The van der Waals surface area contributed by atoms with Gasteiger partial charge in [-0.1, -0.05) is 44.0 Å². The van der Waals surface area contributed by atoms with Crippen molar-refractivity contribution in [1.82, 2.24) is 5.01 Å². The molecule has 2 atom stereocenters. The fourth-order valence-electron chi connectivity index (χ4n) is 2.68. The molecule has 168 valence electrons.